The molecule has 3 heterocycles. The molecule has 2 aromatic heterocycles. The third-order valence-electron chi connectivity index (χ3n) is 10.1. The molecule has 0 amide bonds. The van der Waals surface area contributed by atoms with Crippen LogP contribution in [-0.4, -0.2) is 27.6 Å². The number of rotatable bonds is 5. The summed E-state index contributed by atoms with van der Waals surface area (Å²) in [6.45, 7) is 0. The van der Waals surface area contributed by atoms with Crippen molar-refractivity contribution in [3.05, 3.63) is 182 Å². The van der Waals surface area contributed by atoms with Crippen molar-refractivity contribution >= 4 is 50.6 Å². The molecular formula is C45H30N4Si. The molecule has 0 radical (unpaired) electrons. The molecule has 50 heavy (non-hydrogen) atoms. The Kier molecular flexibility index (Phi) is 6.47. The number of hydrogen-bond acceptors (Lipinski definition) is 3. The number of hydrogen-bond donors (Lipinski definition) is 0. The maximum Gasteiger partial charge on any atom is 0.184 e. The predicted octanol–water partition coefficient (Wildman–Crippen LogP) is 7.66. The van der Waals surface area contributed by atoms with E-state index in [1.807, 2.05) is 36.4 Å². The molecule has 0 saturated carbocycles. The van der Waals surface area contributed by atoms with E-state index in [0.717, 1.165) is 16.7 Å². The number of benzene rings is 7. The van der Waals surface area contributed by atoms with Crippen LogP contribution < -0.4 is 20.7 Å². The van der Waals surface area contributed by atoms with Crippen LogP contribution in [0, 0.1) is 0 Å². The molecule has 7 aromatic carbocycles. The van der Waals surface area contributed by atoms with Gasteiger partial charge in [0.05, 0.1) is 11.0 Å². The van der Waals surface area contributed by atoms with Crippen LogP contribution in [0.15, 0.2) is 182 Å². The first-order chi connectivity index (χ1) is 24.8. The zero-order valence-electron chi connectivity index (χ0n) is 27.1. The Balaban J connectivity index is 1.37. The molecule has 4 nitrogen and oxygen atoms in total. The summed E-state index contributed by atoms with van der Waals surface area (Å²) in [5.74, 6) is 1.98. The molecule has 9 aromatic rings. The maximum absolute atomic E-state index is 5.21. The SMILES string of the molecule is c1ccc(-c2nc(-c3ccccc3)nc(-c3cc4c5c(c3)c3ccccc3n5-c3ccccc3[Si]4(c3ccccc3)c3ccccc3)n2)cc1. The first-order valence-electron chi connectivity index (χ1n) is 17.0. The van der Waals surface area contributed by atoms with Gasteiger partial charge in [-0.3, -0.25) is 0 Å². The zero-order valence-corrected chi connectivity index (χ0v) is 28.1. The summed E-state index contributed by atoms with van der Waals surface area (Å²) < 4.78 is 2.49. The minimum Gasteiger partial charge on any atom is -0.309 e. The third-order valence-corrected chi connectivity index (χ3v) is 14.9. The summed E-state index contributed by atoms with van der Waals surface area (Å²) in [5, 5.41) is 7.81. The van der Waals surface area contributed by atoms with E-state index in [1.54, 1.807) is 0 Å². The molecule has 0 saturated heterocycles. The minimum atomic E-state index is -2.88. The van der Waals surface area contributed by atoms with Gasteiger partial charge < -0.3 is 4.57 Å². The Morgan fingerprint density at radius 3 is 1.46 bits per heavy atom. The van der Waals surface area contributed by atoms with Crippen molar-refractivity contribution < 1.29 is 0 Å². The van der Waals surface area contributed by atoms with Gasteiger partial charge in [0, 0.05) is 33.2 Å². The lowest BCUT2D eigenvalue weighted by atomic mass is 10.1. The van der Waals surface area contributed by atoms with Crippen molar-refractivity contribution in [2.45, 2.75) is 0 Å². The summed E-state index contributed by atoms with van der Waals surface area (Å²) in [6.07, 6.45) is 0. The van der Waals surface area contributed by atoms with E-state index in [-0.39, 0.29) is 0 Å². The van der Waals surface area contributed by atoms with Crippen molar-refractivity contribution in [1.29, 1.82) is 0 Å². The summed E-state index contributed by atoms with van der Waals surface area (Å²) in [7, 11) is -2.88. The number of fused-ring (bicyclic) bond motifs is 5. The van der Waals surface area contributed by atoms with Gasteiger partial charge in [0.2, 0.25) is 0 Å². The van der Waals surface area contributed by atoms with Gasteiger partial charge in [-0.25, -0.2) is 15.0 Å². The lowest BCUT2D eigenvalue weighted by Crippen LogP contribution is -2.76. The Bertz CT molecular complexity index is 2590. The van der Waals surface area contributed by atoms with Crippen LogP contribution in [0.5, 0.6) is 0 Å². The fourth-order valence-corrected chi connectivity index (χ4v) is 13.1. The van der Waals surface area contributed by atoms with Crippen molar-refractivity contribution in [2.75, 3.05) is 0 Å². The van der Waals surface area contributed by atoms with Gasteiger partial charge in [0.1, 0.15) is 0 Å². The summed E-state index contributed by atoms with van der Waals surface area (Å²) >= 11 is 0. The Labute approximate surface area is 291 Å². The van der Waals surface area contributed by atoms with Crippen LogP contribution in [0.25, 0.3) is 61.7 Å². The zero-order chi connectivity index (χ0) is 33.1. The average molecular weight is 655 g/mol. The highest BCUT2D eigenvalue weighted by Crippen LogP contribution is 2.37. The van der Waals surface area contributed by atoms with Crippen molar-refractivity contribution in [3.63, 3.8) is 0 Å². The first kappa shape index (κ1) is 28.6. The van der Waals surface area contributed by atoms with E-state index in [4.69, 9.17) is 15.0 Å². The summed E-state index contributed by atoms with van der Waals surface area (Å²) in [5.41, 5.74) is 6.60. The lowest BCUT2D eigenvalue weighted by molar-refractivity contribution is 1.07. The van der Waals surface area contributed by atoms with Crippen LogP contribution in [0.4, 0.5) is 0 Å². The van der Waals surface area contributed by atoms with Crippen molar-refractivity contribution in [2.24, 2.45) is 0 Å². The van der Waals surface area contributed by atoms with Gasteiger partial charge in [0.15, 0.2) is 25.5 Å². The minimum absolute atomic E-state index is 0.658. The summed E-state index contributed by atoms with van der Waals surface area (Å²) in [4.78, 5) is 15.4. The Hall–Kier alpha value is -6.43. The van der Waals surface area contributed by atoms with E-state index < -0.39 is 8.07 Å². The van der Waals surface area contributed by atoms with Gasteiger partial charge >= 0.3 is 0 Å². The van der Waals surface area contributed by atoms with Crippen LogP contribution in [-0.2, 0) is 0 Å². The van der Waals surface area contributed by atoms with Crippen LogP contribution in [0.2, 0.25) is 0 Å². The molecule has 1 aliphatic rings. The van der Waals surface area contributed by atoms with Crippen LogP contribution in [0.1, 0.15) is 0 Å². The number of para-hydroxylation sites is 2. The highest BCUT2D eigenvalue weighted by molar-refractivity contribution is 7.21. The molecule has 0 N–H and O–H groups in total. The molecule has 0 atom stereocenters. The van der Waals surface area contributed by atoms with E-state index >= 15 is 0 Å². The molecule has 0 fully saturated rings. The van der Waals surface area contributed by atoms with Gasteiger partial charge in [-0.15, -0.1) is 0 Å². The van der Waals surface area contributed by atoms with E-state index in [9.17, 15) is 0 Å². The van der Waals surface area contributed by atoms with Crippen LogP contribution in [0.3, 0.4) is 0 Å². The molecule has 5 heteroatoms. The van der Waals surface area contributed by atoms with Crippen LogP contribution >= 0.6 is 0 Å². The highest BCUT2D eigenvalue weighted by Gasteiger charge is 2.48. The number of aromatic nitrogens is 4. The quantitative estimate of drug-likeness (QED) is 0.179. The Morgan fingerprint density at radius 2 is 0.860 bits per heavy atom. The van der Waals surface area contributed by atoms with Gasteiger partial charge in [-0.05, 0) is 45.0 Å². The molecule has 0 bridgehead atoms. The topological polar surface area (TPSA) is 43.6 Å². The molecular weight excluding hydrogens is 625 g/mol. The normalized spacial score (nSPS) is 13.0. The largest absolute Gasteiger partial charge is 0.309 e. The monoisotopic (exact) mass is 654 g/mol. The van der Waals surface area contributed by atoms with E-state index in [0.29, 0.717) is 17.5 Å². The highest BCUT2D eigenvalue weighted by atomic mass is 28.3. The van der Waals surface area contributed by atoms with E-state index in [2.05, 4.69) is 150 Å². The predicted molar refractivity (Wildman–Crippen MR) is 208 cm³/mol. The van der Waals surface area contributed by atoms with Crippen molar-refractivity contribution in [1.82, 2.24) is 19.5 Å². The smallest absolute Gasteiger partial charge is 0.184 e. The Morgan fingerprint density at radius 1 is 0.380 bits per heavy atom. The fraction of sp³-hybridized carbons (Fsp3) is 0. The average Bonchev–Trinajstić information content (AvgIpc) is 3.54. The fourth-order valence-electron chi connectivity index (χ4n) is 8.00. The molecule has 234 valence electrons. The standard InChI is InChI=1S/C45H30N4Si/c1-5-17-31(18-6-1)43-46-44(32-19-7-2-8-20-32)48-45(47-43)33-29-37-36-25-13-14-26-38(36)49-39-27-15-16-28-40(39)50(41(30-33)42(37)49,34-21-9-3-10-22-34)35-23-11-4-12-24-35/h1-30H. The molecule has 0 spiro atoms. The second-order valence-corrected chi connectivity index (χ2v) is 16.5. The third kappa shape index (κ3) is 4.20. The van der Waals surface area contributed by atoms with Gasteiger partial charge in [0.25, 0.3) is 0 Å². The molecule has 0 unspecified atom stereocenters. The molecule has 0 aliphatic carbocycles. The maximum atomic E-state index is 5.21. The molecule has 10 rings (SSSR count). The van der Waals surface area contributed by atoms with Gasteiger partial charge in [-0.2, -0.15) is 0 Å². The molecule has 1 aliphatic heterocycles. The van der Waals surface area contributed by atoms with E-state index in [1.165, 1.54) is 48.2 Å². The number of nitrogens with zero attached hydrogens (tertiary/aromatic N) is 4. The first-order valence-corrected chi connectivity index (χ1v) is 19.0. The second kappa shape index (κ2) is 11.3. The van der Waals surface area contributed by atoms with Crippen molar-refractivity contribution in [3.8, 4) is 39.9 Å². The second-order valence-electron chi connectivity index (χ2n) is 12.8. The summed E-state index contributed by atoms with van der Waals surface area (Å²) in [6, 6.07) is 65.3. The van der Waals surface area contributed by atoms with Gasteiger partial charge in [-0.1, -0.05) is 158 Å². The lowest BCUT2D eigenvalue weighted by Gasteiger charge is -2.40.